The van der Waals surface area contributed by atoms with Crippen LogP contribution in [0.4, 0.5) is 0 Å². The molecule has 0 bridgehead atoms. The molecule has 1 heteroatoms. The third kappa shape index (κ3) is 5.25. The summed E-state index contributed by atoms with van der Waals surface area (Å²) < 4.78 is 0. The van der Waals surface area contributed by atoms with Crippen LogP contribution in [0.25, 0.3) is 0 Å². The average Bonchev–Trinajstić information content (AvgIpc) is 2.03. The van der Waals surface area contributed by atoms with Crippen LogP contribution in [-0.4, -0.2) is 13.1 Å². The molecule has 0 rings (SSSR count). The lowest BCUT2D eigenvalue weighted by atomic mass is 9.94. The second kappa shape index (κ2) is 6.66. The summed E-state index contributed by atoms with van der Waals surface area (Å²) in [4.78, 5) is 0. The smallest absolute Gasteiger partial charge is 0.00383 e. The maximum absolute atomic E-state index is 3.29. The molecule has 0 aromatic carbocycles. The van der Waals surface area contributed by atoms with Crippen LogP contribution in [0.15, 0.2) is 0 Å². The van der Waals surface area contributed by atoms with Crippen LogP contribution < -0.4 is 5.32 Å². The van der Waals surface area contributed by atoms with E-state index in [0.29, 0.717) is 6.04 Å². The highest BCUT2D eigenvalue weighted by Gasteiger charge is 2.08. The molecule has 0 aliphatic carbocycles. The number of rotatable bonds is 6. The molecule has 0 aliphatic heterocycles. The molecule has 0 saturated heterocycles. The fourth-order valence-corrected chi connectivity index (χ4v) is 1.51. The Bertz CT molecular complexity index is 80.9. The SMILES string of the molecule is CCC[C@@H](CC)C[C@@H](C)NC. The first-order valence-corrected chi connectivity index (χ1v) is 4.91. The Hall–Kier alpha value is -0.0400. The molecule has 0 aromatic rings. The van der Waals surface area contributed by atoms with Gasteiger partial charge >= 0.3 is 0 Å². The Morgan fingerprint density at radius 3 is 2.27 bits per heavy atom. The highest BCUT2D eigenvalue weighted by molar-refractivity contribution is 4.64. The van der Waals surface area contributed by atoms with Gasteiger partial charge in [-0.05, 0) is 26.3 Å². The molecule has 0 saturated carbocycles. The number of hydrogen-bond acceptors (Lipinski definition) is 1. The molecule has 0 amide bonds. The van der Waals surface area contributed by atoms with Gasteiger partial charge < -0.3 is 5.32 Å². The Morgan fingerprint density at radius 2 is 1.91 bits per heavy atom. The van der Waals surface area contributed by atoms with Crippen LogP contribution in [0, 0.1) is 5.92 Å². The van der Waals surface area contributed by atoms with Gasteiger partial charge in [0.15, 0.2) is 0 Å². The molecule has 1 nitrogen and oxygen atoms in total. The van der Waals surface area contributed by atoms with E-state index in [1.54, 1.807) is 0 Å². The van der Waals surface area contributed by atoms with E-state index in [1.807, 2.05) is 7.05 Å². The van der Waals surface area contributed by atoms with Crippen molar-refractivity contribution in [3.05, 3.63) is 0 Å². The van der Waals surface area contributed by atoms with Crippen molar-refractivity contribution in [2.45, 2.75) is 52.5 Å². The van der Waals surface area contributed by atoms with Crippen molar-refractivity contribution in [3.8, 4) is 0 Å². The first-order valence-electron chi connectivity index (χ1n) is 4.91. The molecular weight excluding hydrogens is 134 g/mol. The molecule has 0 aliphatic rings. The minimum atomic E-state index is 0.687. The molecule has 2 atom stereocenters. The summed E-state index contributed by atoms with van der Waals surface area (Å²) in [6, 6.07) is 0.687. The van der Waals surface area contributed by atoms with Gasteiger partial charge in [0.05, 0.1) is 0 Å². The normalized spacial score (nSPS) is 16.4. The third-order valence-corrected chi connectivity index (χ3v) is 2.45. The Kier molecular flexibility index (Phi) is 6.63. The average molecular weight is 157 g/mol. The molecule has 11 heavy (non-hydrogen) atoms. The van der Waals surface area contributed by atoms with Crippen LogP contribution in [0.1, 0.15) is 46.5 Å². The molecule has 0 spiro atoms. The highest BCUT2D eigenvalue weighted by Crippen LogP contribution is 2.16. The van der Waals surface area contributed by atoms with Gasteiger partial charge in [0.25, 0.3) is 0 Å². The van der Waals surface area contributed by atoms with E-state index in [1.165, 1.54) is 25.7 Å². The molecule has 1 N–H and O–H groups in total. The monoisotopic (exact) mass is 157 g/mol. The first kappa shape index (κ1) is 11.0. The summed E-state index contributed by atoms with van der Waals surface area (Å²) in [5.41, 5.74) is 0. The van der Waals surface area contributed by atoms with Gasteiger partial charge in [-0.3, -0.25) is 0 Å². The topological polar surface area (TPSA) is 12.0 Å². The Morgan fingerprint density at radius 1 is 1.27 bits per heavy atom. The molecule has 0 unspecified atom stereocenters. The Labute approximate surface area is 71.6 Å². The minimum Gasteiger partial charge on any atom is -0.317 e. The zero-order valence-corrected chi connectivity index (χ0v) is 8.48. The quantitative estimate of drug-likeness (QED) is 0.625. The van der Waals surface area contributed by atoms with Crippen molar-refractivity contribution >= 4 is 0 Å². The lowest BCUT2D eigenvalue weighted by Crippen LogP contribution is -2.24. The lowest BCUT2D eigenvalue weighted by Gasteiger charge is -2.18. The number of hydrogen-bond donors (Lipinski definition) is 1. The standard InChI is InChI=1S/C10H23N/c1-5-7-10(6-2)8-9(3)11-4/h9-11H,5-8H2,1-4H3/t9-,10-/m1/s1. The summed E-state index contributed by atoms with van der Waals surface area (Å²) in [6.45, 7) is 6.83. The van der Waals surface area contributed by atoms with E-state index in [9.17, 15) is 0 Å². The summed E-state index contributed by atoms with van der Waals surface area (Å²) >= 11 is 0. The first-order chi connectivity index (χ1) is 5.24. The Balaban J connectivity index is 3.49. The van der Waals surface area contributed by atoms with Gasteiger partial charge in [0.2, 0.25) is 0 Å². The fourth-order valence-electron chi connectivity index (χ4n) is 1.51. The van der Waals surface area contributed by atoms with Gasteiger partial charge in [-0.15, -0.1) is 0 Å². The van der Waals surface area contributed by atoms with E-state index < -0.39 is 0 Å². The fraction of sp³-hybridized carbons (Fsp3) is 1.00. The highest BCUT2D eigenvalue weighted by atomic mass is 14.8. The van der Waals surface area contributed by atoms with Gasteiger partial charge in [-0.1, -0.05) is 33.1 Å². The maximum Gasteiger partial charge on any atom is 0.00383 e. The lowest BCUT2D eigenvalue weighted by molar-refractivity contribution is 0.379. The van der Waals surface area contributed by atoms with Gasteiger partial charge in [-0.25, -0.2) is 0 Å². The second-order valence-corrected chi connectivity index (χ2v) is 3.49. The zero-order chi connectivity index (χ0) is 8.69. The van der Waals surface area contributed by atoms with Crippen LogP contribution in [0.5, 0.6) is 0 Å². The van der Waals surface area contributed by atoms with Crippen molar-refractivity contribution in [2.75, 3.05) is 7.05 Å². The van der Waals surface area contributed by atoms with E-state index >= 15 is 0 Å². The summed E-state index contributed by atoms with van der Waals surface area (Å²) in [5.74, 6) is 0.933. The van der Waals surface area contributed by atoms with Crippen LogP contribution in [0.2, 0.25) is 0 Å². The van der Waals surface area contributed by atoms with Crippen molar-refractivity contribution in [1.82, 2.24) is 5.32 Å². The molecule has 0 radical (unpaired) electrons. The summed E-state index contributed by atoms with van der Waals surface area (Å²) in [6.07, 6.45) is 5.39. The van der Waals surface area contributed by atoms with Gasteiger partial charge in [0.1, 0.15) is 0 Å². The third-order valence-electron chi connectivity index (χ3n) is 2.45. The summed E-state index contributed by atoms with van der Waals surface area (Å²) in [5, 5.41) is 3.29. The van der Waals surface area contributed by atoms with E-state index in [2.05, 4.69) is 26.1 Å². The molecule has 0 aromatic heterocycles. The van der Waals surface area contributed by atoms with Crippen LogP contribution in [0.3, 0.4) is 0 Å². The predicted octanol–water partition coefficient (Wildman–Crippen LogP) is 2.81. The van der Waals surface area contributed by atoms with Crippen LogP contribution >= 0.6 is 0 Å². The van der Waals surface area contributed by atoms with E-state index in [4.69, 9.17) is 0 Å². The molecule has 68 valence electrons. The largest absolute Gasteiger partial charge is 0.317 e. The van der Waals surface area contributed by atoms with Crippen molar-refractivity contribution in [2.24, 2.45) is 5.92 Å². The van der Waals surface area contributed by atoms with Gasteiger partial charge in [-0.2, -0.15) is 0 Å². The molecule has 0 heterocycles. The summed E-state index contributed by atoms with van der Waals surface area (Å²) in [7, 11) is 2.04. The number of nitrogens with one attached hydrogen (secondary N) is 1. The van der Waals surface area contributed by atoms with Gasteiger partial charge in [0, 0.05) is 6.04 Å². The molecular formula is C10H23N. The van der Waals surface area contributed by atoms with E-state index in [-0.39, 0.29) is 0 Å². The van der Waals surface area contributed by atoms with Crippen molar-refractivity contribution in [3.63, 3.8) is 0 Å². The van der Waals surface area contributed by atoms with E-state index in [0.717, 1.165) is 5.92 Å². The zero-order valence-electron chi connectivity index (χ0n) is 8.48. The van der Waals surface area contributed by atoms with Crippen LogP contribution in [-0.2, 0) is 0 Å². The minimum absolute atomic E-state index is 0.687. The predicted molar refractivity (Wildman–Crippen MR) is 51.8 cm³/mol. The van der Waals surface area contributed by atoms with Crippen molar-refractivity contribution < 1.29 is 0 Å². The molecule has 0 fully saturated rings. The maximum atomic E-state index is 3.29. The van der Waals surface area contributed by atoms with Crippen molar-refractivity contribution in [1.29, 1.82) is 0 Å². The second-order valence-electron chi connectivity index (χ2n) is 3.49.